The number of aryl methyl sites for hydroxylation is 1. The lowest BCUT2D eigenvalue weighted by Crippen LogP contribution is -1.92. The largest absolute Gasteiger partial charge is 0.234 e. The van der Waals surface area contributed by atoms with Crippen LogP contribution in [0.2, 0.25) is 0 Å². The minimum absolute atomic E-state index is 0.699. The fourth-order valence-electron chi connectivity index (χ4n) is 1.00. The first-order chi connectivity index (χ1) is 6.22. The van der Waals surface area contributed by atoms with Gasteiger partial charge in [0.2, 0.25) is 0 Å². The van der Waals surface area contributed by atoms with Crippen LogP contribution >= 0.6 is 23.5 Å². The van der Waals surface area contributed by atoms with E-state index in [1.165, 1.54) is 11.8 Å². The molecule has 0 aromatic carbocycles. The van der Waals surface area contributed by atoms with Gasteiger partial charge in [0, 0.05) is 0 Å². The highest BCUT2D eigenvalue weighted by Crippen LogP contribution is 2.24. The Kier molecular flexibility index (Phi) is 3.64. The molecule has 0 unspecified atom stereocenters. The van der Waals surface area contributed by atoms with E-state index < -0.39 is 0 Å². The van der Waals surface area contributed by atoms with Crippen LogP contribution in [0.5, 0.6) is 0 Å². The van der Waals surface area contributed by atoms with Gasteiger partial charge in [0.05, 0.1) is 10.6 Å². The average Bonchev–Trinajstić information content (AvgIpc) is 2.16. The van der Waals surface area contributed by atoms with Crippen molar-refractivity contribution in [1.82, 2.24) is 4.98 Å². The zero-order chi connectivity index (χ0) is 9.84. The third-order valence-corrected chi connectivity index (χ3v) is 2.98. The summed E-state index contributed by atoms with van der Waals surface area (Å²) in [6.07, 6.45) is 3.92. The third kappa shape index (κ3) is 2.17. The van der Waals surface area contributed by atoms with Gasteiger partial charge in [-0.2, -0.15) is 5.26 Å². The van der Waals surface area contributed by atoms with E-state index in [1.54, 1.807) is 11.8 Å². The molecule has 1 aromatic rings. The summed E-state index contributed by atoms with van der Waals surface area (Å²) < 4.78 is 0. The lowest BCUT2D eigenvalue weighted by Gasteiger charge is -2.04. The molecule has 0 aliphatic rings. The molecule has 1 rings (SSSR count). The first-order valence-corrected chi connectivity index (χ1v) is 6.17. The molecule has 0 radical (unpaired) electrons. The molecule has 0 aliphatic carbocycles. The molecular formula is C9H10N2S2. The van der Waals surface area contributed by atoms with Gasteiger partial charge in [-0.25, -0.2) is 4.98 Å². The van der Waals surface area contributed by atoms with Crippen LogP contribution in [0.25, 0.3) is 0 Å². The number of nitriles is 1. The van der Waals surface area contributed by atoms with E-state index in [9.17, 15) is 0 Å². The summed E-state index contributed by atoms with van der Waals surface area (Å²) in [7, 11) is 0. The van der Waals surface area contributed by atoms with Gasteiger partial charge in [-0.1, -0.05) is 0 Å². The molecule has 1 aromatic heterocycles. The molecule has 2 nitrogen and oxygen atoms in total. The Morgan fingerprint density at radius 3 is 2.54 bits per heavy atom. The number of nitrogens with zero attached hydrogens (tertiary/aromatic N) is 2. The van der Waals surface area contributed by atoms with Crippen LogP contribution < -0.4 is 0 Å². The highest BCUT2D eigenvalue weighted by molar-refractivity contribution is 7.99. The number of rotatable bonds is 2. The second-order valence-corrected chi connectivity index (χ2v) is 4.10. The molecule has 0 atom stereocenters. The van der Waals surface area contributed by atoms with E-state index in [4.69, 9.17) is 5.26 Å². The van der Waals surface area contributed by atoms with Crippen LogP contribution in [-0.2, 0) is 0 Å². The van der Waals surface area contributed by atoms with Gasteiger partial charge < -0.3 is 0 Å². The van der Waals surface area contributed by atoms with Crippen molar-refractivity contribution in [2.24, 2.45) is 0 Å². The molecule has 0 saturated heterocycles. The fraction of sp³-hybridized carbons (Fsp3) is 0.333. The Hall–Kier alpha value is -0.660. The molecule has 0 amide bonds. The lowest BCUT2D eigenvalue weighted by atomic mass is 10.2. The highest BCUT2D eigenvalue weighted by atomic mass is 32.2. The number of hydrogen-bond donors (Lipinski definition) is 0. The monoisotopic (exact) mass is 210 g/mol. The second kappa shape index (κ2) is 4.54. The van der Waals surface area contributed by atoms with E-state index in [1.807, 2.05) is 25.5 Å². The van der Waals surface area contributed by atoms with Crippen LogP contribution in [0.4, 0.5) is 0 Å². The van der Waals surface area contributed by atoms with Crippen molar-refractivity contribution in [2.75, 3.05) is 12.5 Å². The quantitative estimate of drug-likeness (QED) is 0.703. The molecule has 0 bridgehead atoms. The summed E-state index contributed by atoms with van der Waals surface area (Å²) >= 11 is 3.11. The summed E-state index contributed by atoms with van der Waals surface area (Å²) in [5.41, 5.74) is 1.71. The van der Waals surface area contributed by atoms with Crippen LogP contribution in [0.3, 0.4) is 0 Å². The Balaban J connectivity index is 3.31. The summed E-state index contributed by atoms with van der Waals surface area (Å²) in [6, 6.07) is 4.12. The van der Waals surface area contributed by atoms with Crippen molar-refractivity contribution in [2.45, 2.75) is 17.0 Å². The SMILES string of the molecule is CSc1cc(C)c(C#N)c(SC)n1. The number of hydrogen-bond acceptors (Lipinski definition) is 4. The highest BCUT2D eigenvalue weighted by Gasteiger charge is 2.07. The predicted molar refractivity (Wildman–Crippen MR) is 57.3 cm³/mol. The summed E-state index contributed by atoms with van der Waals surface area (Å²) in [4.78, 5) is 4.34. The van der Waals surface area contributed by atoms with Gasteiger partial charge in [-0.15, -0.1) is 23.5 Å². The smallest absolute Gasteiger partial charge is 0.115 e. The summed E-state index contributed by atoms with van der Waals surface area (Å²) in [6.45, 7) is 1.94. The Morgan fingerprint density at radius 2 is 2.08 bits per heavy atom. The predicted octanol–water partition coefficient (Wildman–Crippen LogP) is 2.71. The number of thioether (sulfide) groups is 2. The van der Waals surface area contributed by atoms with Gasteiger partial charge >= 0.3 is 0 Å². The molecule has 0 saturated carbocycles. The molecule has 1 heterocycles. The molecule has 4 heteroatoms. The standard InChI is InChI=1S/C9H10N2S2/c1-6-4-8(12-2)11-9(13-3)7(6)5-10/h4H,1-3H3. The lowest BCUT2D eigenvalue weighted by molar-refractivity contribution is 0.980. The zero-order valence-corrected chi connectivity index (χ0v) is 9.42. The molecule has 0 fully saturated rings. The van der Waals surface area contributed by atoms with E-state index in [0.29, 0.717) is 5.56 Å². The minimum atomic E-state index is 0.699. The van der Waals surface area contributed by atoms with Crippen molar-refractivity contribution >= 4 is 23.5 Å². The Bertz CT molecular complexity index is 355. The topological polar surface area (TPSA) is 36.7 Å². The van der Waals surface area contributed by atoms with Gasteiger partial charge in [0.15, 0.2) is 0 Å². The molecular weight excluding hydrogens is 200 g/mol. The maximum Gasteiger partial charge on any atom is 0.115 e. The minimum Gasteiger partial charge on any atom is -0.234 e. The molecule has 0 N–H and O–H groups in total. The maximum absolute atomic E-state index is 8.88. The first-order valence-electron chi connectivity index (χ1n) is 3.72. The van der Waals surface area contributed by atoms with Crippen LogP contribution in [-0.4, -0.2) is 17.5 Å². The summed E-state index contributed by atoms with van der Waals surface area (Å²) in [5, 5.41) is 10.7. The number of aromatic nitrogens is 1. The molecule has 0 aliphatic heterocycles. The van der Waals surface area contributed by atoms with Gasteiger partial charge in [-0.3, -0.25) is 0 Å². The van der Waals surface area contributed by atoms with Crippen molar-refractivity contribution in [3.63, 3.8) is 0 Å². The Morgan fingerprint density at radius 1 is 1.38 bits per heavy atom. The van der Waals surface area contributed by atoms with Crippen LogP contribution in [0.15, 0.2) is 16.1 Å². The van der Waals surface area contributed by atoms with Crippen molar-refractivity contribution in [1.29, 1.82) is 5.26 Å². The molecule has 0 spiro atoms. The van der Waals surface area contributed by atoms with Crippen molar-refractivity contribution < 1.29 is 0 Å². The van der Waals surface area contributed by atoms with E-state index in [0.717, 1.165) is 15.6 Å². The third-order valence-electron chi connectivity index (χ3n) is 1.67. The first kappa shape index (κ1) is 10.4. The summed E-state index contributed by atoms with van der Waals surface area (Å²) in [5.74, 6) is 0. The zero-order valence-electron chi connectivity index (χ0n) is 7.79. The second-order valence-electron chi connectivity index (χ2n) is 2.48. The van der Waals surface area contributed by atoms with Crippen molar-refractivity contribution in [3.8, 4) is 6.07 Å². The normalized spacial score (nSPS) is 9.69. The molecule has 13 heavy (non-hydrogen) atoms. The van der Waals surface area contributed by atoms with E-state index in [-0.39, 0.29) is 0 Å². The van der Waals surface area contributed by atoms with E-state index in [2.05, 4.69) is 11.1 Å². The number of pyridine rings is 1. The average molecular weight is 210 g/mol. The van der Waals surface area contributed by atoms with Gasteiger partial charge in [-0.05, 0) is 31.1 Å². The molecule has 68 valence electrons. The fourth-order valence-corrected chi connectivity index (χ4v) is 2.14. The maximum atomic E-state index is 8.88. The Labute approximate surface area is 86.7 Å². The van der Waals surface area contributed by atoms with Crippen LogP contribution in [0, 0.1) is 18.3 Å². The van der Waals surface area contributed by atoms with Crippen LogP contribution in [0.1, 0.15) is 11.1 Å². The van der Waals surface area contributed by atoms with Gasteiger partial charge in [0.1, 0.15) is 11.1 Å². The van der Waals surface area contributed by atoms with Crippen molar-refractivity contribution in [3.05, 3.63) is 17.2 Å². The van der Waals surface area contributed by atoms with Gasteiger partial charge in [0.25, 0.3) is 0 Å². The van der Waals surface area contributed by atoms with E-state index >= 15 is 0 Å².